The second-order valence-electron chi connectivity index (χ2n) is 5.97. The standard InChI is InChI=1S/C14H28O4/c1-8-18-12(15)11(10(2)3)14(6,16)9-13(4,5)17-7/h10-11,16H,8-9H2,1-7H3. The number of methoxy groups -OCH3 is 1. The zero-order chi connectivity index (χ0) is 14.6. The molecule has 18 heavy (non-hydrogen) atoms. The van der Waals surface area contributed by atoms with Crippen LogP contribution in [-0.2, 0) is 14.3 Å². The van der Waals surface area contributed by atoms with Crippen LogP contribution < -0.4 is 0 Å². The molecule has 0 aromatic carbocycles. The Kier molecular flexibility index (Phi) is 6.30. The summed E-state index contributed by atoms with van der Waals surface area (Å²) >= 11 is 0. The third-order valence-corrected chi connectivity index (χ3v) is 3.21. The van der Waals surface area contributed by atoms with Crippen molar-refractivity contribution in [3.8, 4) is 0 Å². The van der Waals surface area contributed by atoms with Gasteiger partial charge in [0.15, 0.2) is 0 Å². The molecular weight excluding hydrogens is 232 g/mol. The fraction of sp³-hybridized carbons (Fsp3) is 0.929. The topological polar surface area (TPSA) is 55.8 Å². The maximum atomic E-state index is 12.0. The number of aliphatic hydroxyl groups is 1. The van der Waals surface area contributed by atoms with Crippen LogP contribution in [0.2, 0.25) is 0 Å². The zero-order valence-electron chi connectivity index (χ0n) is 12.7. The van der Waals surface area contributed by atoms with Gasteiger partial charge in [-0.1, -0.05) is 13.8 Å². The maximum absolute atomic E-state index is 12.0. The van der Waals surface area contributed by atoms with Crippen molar-refractivity contribution in [1.82, 2.24) is 0 Å². The van der Waals surface area contributed by atoms with Gasteiger partial charge in [0.25, 0.3) is 0 Å². The van der Waals surface area contributed by atoms with E-state index in [1.807, 2.05) is 27.7 Å². The van der Waals surface area contributed by atoms with Crippen LogP contribution in [0.4, 0.5) is 0 Å². The monoisotopic (exact) mass is 260 g/mol. The highest BCUT2D eigenvalue weighted by Gasteiger charge is 2.43. The smallest absolute Gasteiger partial charge is 0.312 e. The lowest BCUT2D eigenvalue weighted by Gasteiger charge is -2.38. The first-order valence-corrected chi connectivity index (χ1v) is 6.51. The van der Waals surface area contributed by atoms with Gasteiger partial charge in [0, 0.05) is 13.5 Å². The van der Waals surface area contributed by atoms with Crippen molar-refractivity contribution in [2.75, 3.05) is 13.7 Å². The minimum atomic E-state index is -1.15. The summed E-state index contributed by atoms with van der Waals surface area (Å²) < 4.78 is 10.4. The van der Waals surface area contributed by atoms with Gasteiger partial charge in [0.2, 0.25) is 0 Å². The van der Waals surface area contributed by atoms with E-state index in [1.165, 1.54) is 0 Å². The summed E-state index contributed by atoms with van der Waals surface area (Å²) in [7, 11) is 1.60. The van der Waals surface area contributed by atoms with Crippen molar-refractivity contribution < 1.29 is 19.4 Å². The van der Waals surface area contributed by atoms with Crippen LogP contribution in [0.15, 0.2) is 0 Å². The van der Waals surface area contributed by atoms with Gasteiger partial charge in [-0.3, -0.25) is 4.79 Å². The third kappa shape index (κ3) is 4.94. The first-order valence-electron chi connectivity index (χ1n) is 6.51. The predicted octanol–water partition coefficient (Wildman–Crippen LogP) is 2.39. The van der Waals surface area contributed by atoms with Crippen molar-refractivity contribution in [2.24, 2.45) is 11.8 Å². The molecule has 4 heteroatoms. The predicted molar refractivity (Wildman–Crippen MR) is 71.3 cm³/mol. The van der Waals surface area contributed by atoms with Gasteiger partial charge in [0.1, 0.15) is 0 Å². The minimum absolute atomic E-state index is 0.00621. The Labute approximate surface area is 111 Å². The lowest BCUT2D eigenvalue weighted by atomic mass is 9.75. The molecule has 0 aliphatic rings. The highest BCUT2D eigenvalue weighted by molar-refractivity contribution is 5.74. The number of esters is 1. The molecule has 4 nitrogen and oxygen atoms in total. The van der Waals surface area contributed by atoms with Gasteiger partial charge >= 0.3 is 5.97 Å². The van der Waals surface area contributed by atoms with Crippen LogP contribution in [0.25, 0.3) is 0 Å². The Bertz CT molecular complexity index is 269. The summed E-state index contributed by atoms with van der Waals surface area (Å²) in [5.74, 6) is -0.886. The second-order valence-corrected chi connectivity index (χ2v) is 5.97. The summed E-state index contributed by atoms with van der Waals surface area (Å²) in [6, 6.07) is 0. The molecular formula is C14H28O4. The first-order chi connectivity index (χ1) is 8.07. The van der Waals surface area contributed by atoms with Gasteiger partial charge in [-0.15, -0.1) is 0 Å². The SMILES string of the molecule is CCOC(=O)C(C(C)C)C(C)(O)CC(C)(C)OC. The van der Waals surface area contributed by atoms with Gasteiger partial charge in [-0.05, 0) is 33.6 Å². The zero-order valence-corrected chi connectivity index (χ0v) is 12.7. The van der Waals surface area contributed by atoms with Crippen LogP contribution in [0.3, 0.4) is 0 Å². The normalized spacial score (nSPS) is 17.4. The fourth-order valence-electron chi connectivity index (χ4n) is 2.52. The Morgan fingerprint density at radius 2 is 1.78 bits per heavy atom. The highest BCUT2D eigenvalue weighted by atomic mass is 16.5. The van der Waals surface area contributed by atoms with Gasteiger partial charge in [-0.25, -0.2) is 0 Å². The van der Waals surface area contributed by atoms with Crippen LogP contribution in [0.1, 0.15) is 48.0 Å². The Morgan fingerprint density at radius 3 is 2.11 bits per heavy atom. The number of carbonyl (C=O) groups is 1. The number of carbonyl (C=O) groups excluding carboxylic acids is 1. The number of hydrogen-bond acceptors (Lipinski definition) is 4. The average molecular weight is 260 g/mol. The van der Waals surface area contributed by atoms with E-state index in [0.717, 1.165) is 0 Å². The van der Waals surface area contributed by atoms with Crippen molar-refractivity contribution in [3.63, 3.8) is 0 Å². The summed E-state index contributed by atoms with van der Waals surface area (Å²) in [6.45, 7) is 11.4. The summed E-state index contributed by atoms with van der Waals surface area (Å²) in [4.78, 5) is 12.0. The Balaban J connectivity index is 5.04. The molecule has 2 unspecified atom stereocenters. The van der Waals surface area contributed by atoms with Crippen molar-refractivity contribution >= 4 is 5.97 Å². The van der Waals surface area contributed by atoms with E-state index in [9.17, 15) is 9.90 Å². The van der Waals surface area contributed by atoms with Crippen molar-refractivity contribution in [2.45, 2.75) is 59.2 Å². The fourth-order valence-corrected chi connectivity index (χ4v) is 2.52. The molecule has 0 amide bonds. The van der Waals surface area contributed by atoms with E-state index < -0.39 is 17.1 Å². The minimum Gasteiger partial charge on any atom is -0.466 e. The molecule has 0 aliphatic heterocycles. The number of ether oxygens (including phenoxy) is 2. The van der Waals surface area contributed by atoms with Crippen molar-refractivity contribution in [1.29, 1.82) is 0 Å². The van der Waals surface area contributed by atoms with Crippen molar-refractivity contribution in [3.05, 3.63) is 0 Å². The molecule has 108 valence electrons. The van der Waals surface area contributed by atoms with E-state index in [-0.39, 0.29) is 11.9 Å². The number of hydrogen-bond donors (Lipinski definition) is 1. The van der Waals surface area contributed by atoms with E-state index in [1.54, 1.807) is 21.0 Å². The molecule has 0 rings (SSSR count). The molecule has 0 aromatic heterocycles. The molecule has 0 radical (unpaired) electrons. The van der Waals surface area contributed by atoms with Gasteiger partial charge in [0.05, 0.1) is 23.7 Å². The van der Waals surface area contributed by atoms with E-state index in [0.29, 0.717) is 13.0 Å². The Morgan fingerprint density at radius 1 is 1.28 bits per heavy atom. The lowest BCUT2D eigenvalue weighted by Crippen LogP contribution is -2.48. The Hall–Kier alpha value is -0.610. The molecule has 0 spiro atoms. The quantitative estimate of drug-likeness (QED) is 0.714. The summed E-state index contributed by atoms with van der Waals surface area (Å²) in [5.41, 5.74) is -1.64. The third-order valence-electron chi connectivity index (χ3n) is 3.21. The second kappa shape index (κ2) is 6.53. The number of rotatable bonds is 7. The molecule has 0 fully saturated rings. The molecule has 0 saturated carbocycles. The van der Waals surface area contributed by atoms with Crippen LogP contribution >= 0.6 is 0 Å². The van der Waals surface area contributed by atoms with Crippen LogP contribution in [0, 0.1) is 11.8 Å². The molecule has 0 bridgehead atoms. The highest BCUT2D eigenvalue weighted by Crippen LogP contribution is 2.34. The van der Waals surface area contributed by atoms with Crippen LogP contribution in [-0.4, -0.2) is 36.0 Å². The summed E-state index contributed by atoms with van der Waals surface area (Å²) in [6.07, 6.45) is 0.373. The molecule has 0 aliphatic carbocycles. The van der Waals surface area contributed by atoms with E-state index in [4.69, 9.17) is 9.47 Å². The maximum Gasteiger partial charge on any atom is 0.312 e. The molecule has 1 N–H and O–H groups in total. The van der Waals surface area contributed by atoms with E-state index >= 15 is 0 Å². The lowest BCUT2D eigenvalue weighted by molar-refractivity contribution is -0.165. The molecule has 0 saturated heterocycles. The first kappa shape index (κ1) is 17.4. The van der Waals surface area contributed by atoms with Gasteiger partial charge < -0.3 is 14.6 Å². The molecule has 0 aromatic rings. The van der Waals surface area contributed by atoms with Gasteiger partial charge in [-0.2, -0.15) is 0 Å². The largest absolute Gasteiger partial charge is 0.466 e. The van der Waals surface area contributed by atoms with Crippen LogP contribution in [0.5, 0.6) is 0 Å². The average Bonchev–Trinajstić information content (AvgIpc) is 2.14. The molecule has 2 atom stereocenters. The molecule has 0 heterocycles. The summed E-state index contributed by atoms with van der Waals surface area (Å²) in [5, 5.41) is 10.6. The van der Waals surface area contributed by atoms with E-state index in [2.05, 4.69) is 0 Å².